The molecule has 7 heteroatoms. The number of rotatable bonds is 6. The molecule has 0 heterocycles. The number of halogens is 3. The van der Waals surface area contributed by atoms with Gasteiger partial charge >= 0.3 is 6.18 Å². The highest BCUT2D eigenvalue weighted by molar-refractivity contribution is 5.97. The van der Waals surface area contributed by atoms with Crippen LogP contribution in [0.4, 0.5) is 18.9 Å². The van der Waals surface area contributed by atoms with Crippen LogP contribution in [0.15, 0.2) is 54.6 Å². The molecule has 0 aliphatic rings. The molecule has 0 spiro atoms. The van der Waals surface area contributed by atoms with E-state index in [-0.39, 0.29) is 18.1 Å². The number of carbonyl (C=O) groups is 2. The van der Waals surface area contributed by atoms with Gasteiger partial charge in [-0.05, 0) is 36.8 Å². The molecule has 0 saturated heterocycles. The van der Waals surface area contributed by atoms with E-state index in [9.17, 15) is 22.8 Å². The molecule has 0 radical (unpaired) electrons. The van der Waals surface area contributed by atoms with Gasteiger partial charge in [0.05, 0.1) is 5.56 Å². The van der Waals surface area contributed by atoms with E-state index in [4.69, 9.17) is 0 Å². The molecule has 0 aromatic heterocycles. The van der Waals surface area contributed by atoms with Crippen LogP contribution in [0.25, 0.3) is 0 Å². The van der Waals surface area contributed by atoms with Crippen molar-refractivity contribution in [3.8, 4) is 0 Å². The molecule has 0 atom stereocenters. The van der Waals surface area contributed by atoms with E-state index in [1.165, 1.54) is 24.0 Å². The number of amides is 2. The van der Waals surface area contributed by atoms with Crippen molar-refractivity contribution in [3.63, 3.8) is 0 Å². The quantitative estimate of drug-likeness (QED) is 0.759. The predicted molar refractivity (Wildman–Crippen MR) is 97.0 cm³/mol. The third-order valence-electron chi connectivity index (χ3n) is 4.13. The van der Waals surface area contributed by atoms with Gasteiger partial charge in [-0.25, -0.2) is 0 Å². The van der Waals surface area contributed by atoms with Crippen molar-refractivity contribution in [3.05, 3.63) is 65.7 Å². The van der Waals surface area contributed by atoms with Crippen LogP contribution < -0.4 is 4.90 Å². The monoisotopic (exact) mass is 378 g/mol. The minimum Gasteiger partial charge on any atom is -0.337 e. The van der Waals surface area contributed by atoms with Crippen molar-refractivity contribution in [2.75, 3.05) is 18.0 Å². The van der Waals surface area contributed by atoms with E-state index >= 15 is 0 Å². The molecule has 0 fully saturated rings. The van der Waals surface area contributed by atoms with E-state index in [0.29, 0.717) is 13.1 Å². The lowest BCUT2D eigenvalue weighted by Gasteiger charge is -2.26. The Kier molecular flexibility index (Phi) is 6.60. The number of hydrogen-bond acceptors (Lipinski definition) is 2. The molecular formula is C20H21F3N2O2. The summed E-state index contributed by atoms with van der Waals surface area (Å²) < 4.78 is 38.1. The van der Waals surface area contributed by atoms with Crippen LogP contribution in [0.2, 0.25) is 0 Å². The van der Waals surface area contributed by atoms with E-state index < -0.39 is 17.6 Å². The zero-order valence-electron chi connectivity index (χ0n) is 15.2. The van der Waals surface area contributed by atoms with Crippen molar-refractivity contribution >= 4 is 17.5 Å². The van der Waals surface area contributed by atoms with Gasteiger partial charge in [-0.15, -0.1) is 0 Å². The Balaban J connectivity index is 2.14. The molecule has 0 saturated carbocycles. The highest BCUT2D eigenvalue weighted by Gasteiger charge is 2.30. The summed E-state index contributed by atoms with van der Waals surface area (Å²) in [4.78, 5) is 27.4. The number of carbonyl (C=O) groups excluding carboxylic acids is 2. The molecule has 2 aromatic rings. The molecule has 27 heavy (non-hydrogen) atoms. The summed E-state index contributed by atoms with van der Waals surface area (Å²) in [7, 11) is 0. The third-order valence-corrected chi connectivity index (χ3v) is 4.13. The Morgan fingerprint density at radius 3 is 2.04 bits per heavy atom. The smallest absolute Gasteiger partial charge is 0.337 e. The molecule has 144 valence electrons. The molecule has 2 rings (SSSR count). The Morgan fingerprint density at radius 1 is 0.963 bits per heavy atom. The fourth-order valence-electron chi connectivity index (χ4n) is 2.63. The van der Waals surface area contributed by atoms with Crippen molar-refractivity contribution < 1.29 is 22.8 Å². The molecular weight excluding hydrogens is 357 g/mol. The fourth-order valence-corrected chi connectivity index (χ4v) is 2.63. The van der Waals surface area contributed by atoms with E-state index in [1.54, 1.807) is 4.90 Å². The SMILES string of the molecule is CCN(Cc1ccccc1)C(=O)CN(C(C)=O)c1ccc(C(F)(F)F)cc1. The highest BCUT2D eigenvalue weighted by atomic mass is 19.4. The zero-order chi connectivity index (χ0) is 20.0. The van der Waals surface area contributed by atoms with Crippen LogP contribution in [0, 0.1) is 0 Å². The number of anilines is 1. The number of likely N-dealkylation sites (N-methyl/N-ethyl adjacent to an activating group) is 1. The second kappa shape index (κ2) is 8.70. The maximum atomic E-state index is 12.7. The highest BCUT2D eigenvalue weighted by Crippen LogP contribution is 2.30. The fraction of sp³-hybridized carbons (Fsp3) is 0.300. The van der Waals surface area contributed by atoms with Gasteiger partial charge in [0, 0.05) is 25.7 Å². The topological polar surface area (TPSA) is 40.6 Å². The lowest BCUT2D eigenvalue weighted by Crippen LogP contribution is -2.42. The van der Waals surface area contributed by atoms with E-state index in [2.05, 4.69) is 0 Å². The minimum absolute atomic E-state index is 0.235. The average Bonchev–Trinajstić information content (AvgIpc) is 2.64. The van der Waals surface area contributed by atoms with Crippen LogP contribution in [0.1, 0.15) is 25.0 Å². The summed E-state index contributed by atoms with van der Waals surface area (Å²) in [6.45, 7) is 3.72. The largest absolute Gasteiger partial charge is 0.416 e. The Bertz CT molecular complexity index is 774. The first-order valence-electron chi connectivity index (χ1n) is 8.49. The van der Waals surface area contributed by atoms with Gasteiger partial charge in [0.2, 0.25) is 11.8 Å². The van der Waals surface area contributed by atoms with Crippen LogP contribution in [-0.4, -0.2) is 29.8 Å². The minimum atomic E-state index is -4.45. The molecule has 2 aromatic carbocycles. The normalized spacial score (nSPS) is 11.1. The third kappa shape index (κ3) is 5.57. The first-order chi connectivity index (χ1) is 12.7. The number of alkyl halides is 3. The number of hydrogen-bond donors (Lipinski definition) is 0. The molecule has 0 aliphatic heterocycles. The van der Waals surface area contributed by atoms with Crippen LogP contribution in [0.5, 0.6) is 0 Å². The number of nitrogens with zero attached hydrogens (tertiary/aromatic N) is 2. The van der Waals surface area contributed by atoms with E-state index in [0.717, 1.165) is 17.7 Å². The number of benzene rings is 2. The molecule has 0 bridgehead atoms. The second-order valence-corrected chi connectivity index (χ2v) is 6.04. The van der Waals surface area contributed by atoms with Gasteiger partial charge in [0.25, 0.3) is 0 Å². The first-order valence-corrected chi connectivity index (χ1v) is 8.49. The predicted octanol–water partition coefficient (Wildman–Crippen LogP) is 4.11. The summed E-state index contributed by atoms with van der Waals surface area (Å²) in [5, 5.41) is 0. The van der Waals surface area contributed by atoms with Crippen LogP contribution >= 0.6 is 0 Å². The lowest BCUT2D eigenvalue weighted by molar-refractivity contribution is -0.137. The van der Waals surface area contributed by atoms with Crippen LogP contribution in [0.3, 0.4) is 0 Å². The van der Waals surface area contributed by atoms with Crippen molar-refractivity contribution in [2.24, 2.45) is 0 Å². The van der Waals surface area contributed by atoms with Crippen LogP contribution in [-0.2, 0) is 22.3 Å². The van der Waals surface area contributed by atoms with Gasteiger partial charge < -0.3 is 9.80 Å². The van der Waals surface area contributed by atoms with Crippen molar-refractivity contribution in [1.29, 1.82) is 0 Å². The standard InChI is InChI=1S/C20H21F3N2O2/c1-3-24(13-16-7-5-4-6-8-16)19(27)14-25(15(2)26)18-11-9-17(10-12-18)20(21,22)23/h4-12H,3,13-14H2,1-2H3. The molecule has 2 amide bonds. The molecule has 4 nitrogen and oxygen atoms in total. The Labute approximate surface area is 156 Å². The molecule has 0 N–H and O–H groups in total. The summed E-state index contributed by atoms with van der Waals surface area (Å²) in [5.41, 5.74) is 0.400. The van der Waals surface area contributed by atoms with Gasteiger partial charge in [0.1, 0.15) is 6.54 Å². The summed E-state index contributed by atoms with van der Waals surface area (Å²) in [6.07, 6.45) is -4.45. The first kappa shape index (κ1) is 20.5. The van der Waals surface area contributed by atoms with Crippen molar-refractivity contribution in [2.45, 2.75) is 26.6 Å². The lowest BCUT2D eigenvalue weighted by atomic mass is 10.2. The Morgan fingerprint density at radius 2 is 1.56 bits per heavy atom. The Hall–Kier alpha value is -2.83. The maximum absolute atomic E-state index is 12.7. The maximum Gasteiger partial charge on any atom is 0.416 e. The summed E-state index contributed by atoms with van der Waals surface area (Å²) >= 11 is 0. The summed E-state index contributed by atoms with van der Waals surface area (Å²) in [5.74, 6) is -0.699. The summed E-state index contributed by atoms with van der Waals surface area (Å²) in [6, 6.07) is 13.6. The van der Waals surface area contributed by atoms with Gasteiger partial charge in [-0.1, -0.05) is 30.3 Å². The van der Waals surface area contributed by atoms with Gasteiger partial charge in [-0.3, -0.25) is 9.59 Å². The van der Waals surface area contributed by atoms with Gasteiger partial charge in [-0.2, -0.15) is 13.2 Å². The average molecular weight is 378 g/mol. The molecule has 0 unspecified atom stereocenters. The van der Waals surface area contributed by atoms with Gasteiger partial charge in [0.15, 0.2) is 0 Å². The molecule has 0 aliphatic carbocycles. The second-order valence-electron chi connectivity index (χ2n) is 6.04. The zero-order valence-corrected chi connectivity index (χ0v) is 15.2. The van der Waals surface area contributed by atoms with Crippen molar-refractivity contribution in [1.82, 2.24) is 4.90 Å². The van der Waals surface area contributed by atoms with E-state index in [1.807, 2.05) is 37.3 Å².